The van der Waals surface area contributed by atoms with Crippen LogP contribution in [0, 0.1) is 5.82 Å². The van der Waals surface area contributed by atoms with Gasteiger partial charge in [-0.3, -0.25) is 4.90 Å². The van der Waals surface area contributed by atoms with Crippen LogP contribution in [0.25, 0.3) is 0 Å². The number of benzene rings is 1. The van der Waals surface area contributed by atoms with Gasteiger partial charge in [-0.05, 0) is 43.5 Å². The number of nitrogens with one attached hydrogen (secondary N) is 1. The second-order valence-corrected chi connectivity index (χ2v) is 6.46. The number of halogens is 4. The highest BCUT2D eigenvalue weighted by Gasteiger charge is 2.36. The van der Waals surface area contributed by atoms with Gasteiger partial charge >= 0.3 is 6.18 Å². The summed E-state index contributed by atoms with van der Waals surface area (Å²) in [6.45, 7) is 3.11. The molecule has 0 saturated carbocycles. The first kappa shape index (κ1) is 17.6. The zero-order chi connectivity index (χ0) is 17.2. The van der Waals surface area contributed by atoms with E-state index in [1.54, 1.807) is 0 Å². The standard InChI is InChI=1S/C17H22F4N2O/c18-13-2-1-12(16(9-13)17(19,20)21)11-23(15-3-6-22-10-15)14-4-7-24-8-5-14/h1-2,9,14-15,22H,3-8,10-11H2/t15-/m0/s1. The molecule has 0 aliphatic carbocycles. The largest absolute Gasteiger partial charge is 0.416 e. The molecule has 7 heteroatoms. The number of alkyl halides is 3. The summed E-state index contributed by atoms with van der Waals surface area (Å²) in [6, 6.07) is 3.39. The molecular formula is C17H22F4N2O. The van der Waals surface area contributed by atoms with Crippen LogP contribution in [0.3, 0.4) is 0 Å². The Labute approximate surface area is 139 Å². The van der Waals surface area contributed by atoms with Crippen LogP contribution in [-0.2, 0) is 17.5 Å². The molecule has 134 valence electrons. The Morgan fingerprint density at radius 1 is 1.12 bits per heavy atom. The van der Waals surface area contributed by atoms with Gasteiger partial charge in [0.25, 0.3) is 0 Å². The molecule has 2 fully saturated rings. The molecule has 3 nitrogen and oxygen atoms in total. The van der Waals surface area contributed by atoms with E-state index in [0.29, 0.717) is 19.3 Å². The number of hydrogen-bond donors (Lipinski definition) is 1. The molecule has 1 aromatic carbocycles. The molecule has 0 spiro atoms. The van der Waals surface area contributed by atoms with Crippen molar-refractivity contribution in [1.82, 2.24) is 10.2 Å². The van der Waals surface area contributed by atoms with Crippen LogP contribution in [0.1, 0.15) is 30.4 Å². The average molecular weight is 346 g/mol. The molecule has 2 saturated heterocycles. The first-order valence-corrected chi connectivity index (χ1v) is 8.35. The summed E-state index contributed by atoms with van der Waals surface area (Å²) in [5, 5.41) is 3.28. The summed E-state index contributed by atoms with van der Waals surface area (Å²) in [7, 11) is 0. The van der Waals surface area contributed by atoms with E-state index in [-0.39, 0.29) is 24.2 Å². The SMILES string of the molecule is Fc1ccc(CN(C2CCOCC2)[C@H]2CCNC2)c(C(F)(F)F)c1. The van der Waals surface area contributed by atoms with Gasteiger partial charge < -0.3 is 10.1 Å². The van der Waals surface area contributed by atoms with Crippen molar-refractivity contribution in [2.75, 3.05) is 26.3 Å². The van der Waals surface area contributed by atoms with Gasteiger partial charge in [-0.1, -0.05) is 6.07 Å². The fourth-order valence-corrected chi connectivity index (χ4v) is 3.64. The Bertz CT molecular complexity index is 552. The Kier molecular flexibility index (Phi) is 5.42. The van der Waals surface area contributed by atoms with Crippen LogP contribution in [0.2, 0.25) is 0 Å². The molecule has 2 aliphatic rings. The van der Waals surface area contributed by atoms with Crippen LogP contribution in [-0.4, -0.2) is 43.3 Å². The molecule has 0 unspecified atom stereocenters. The monoisotopic (exact) mass is 346 g/mol. The lowest BCUT2D eigenvalue weighted by atomic mass is 10.00. The topological polar surface area (TPSA) is 24.5 Å². The quantitative estimate of drug-likeness (QED) is 0.848. The fraction of sp³-hybridized carbons (Fsp3) is 0.647. The van der Waals surface area contributed by atoms with Crippen molar-refractivity contribution in [3.8, 4) is 0 Å². The molecule has 24 heavy (non-hydrogen) atoms. The van der Waals surface area contributed by atoms with Crippen molar-refractivity contribution < 1.29 is 22.3 Å². The normalized spacial score (nSPS) is 23.1. The minimum Gasteiger partial charge on any atom is -0.381 e. The summed E-state index contributed by atoms with van der Waals surface area (Å²) in [4.78, 5) is 2.16. The molecule has 0 radical (unpaired) electrons. The molecule has 0 bridgehead atoms. The molecule has 0 aromatic heterocycles. The van der Waals surface area contributed by atoms with E-state index < -0.39 is 17.6 Å². The lowest BCUT2D eigenvalue weighted by Gasteiger charge is -2.38. The van der Waals surface area contributed by atoms with E-state index in [2.05, 4.69) is 10.2 Å². The Morgan fingerprint density at radius 3 is 2.50 bits per heavy atom. The first-order chi connectivity index (χ1) is 11.4. The zero-order valence-electron chi connectivity index (χ0n) is 13.4. The van der Waals surface area contributed by atoms with E-state index >= 15 is 0 Å². The average Bonchev–Trinajstić information content (AvgIpc) is 3.08. The minimum absolute atomic E-state index is 0.141. The molecule has 3 rings (SSSR count). The smallest absolute Gasteiger partial charge is 0.381 e. The van der Waals surface area contributed by atoms with Crippen LogP contribution in [0.4, 0.5) is 17.6 Å². The lowest BCUT2D eigenvalue weighted by Crippen LogP contribution is -2.46. The van der Waals surface area contributed by atoms with Gasteiger partial charge in [-0.25, -0.2) is 4.39 Å². The van der Waals surface area contributed by atoms with Gasteiger partial charge in [-0.2, -0.15) is 13.2 Å². The van der Waals surface area contributed by atoms with Crippen molar-refractivity contribution in [3.63, 3.8) is 0 Å². The second-order valence-electron chi connectivity index (χ2n) is 6.46. The third-order valence-electron chi connectivity index (χ3n) is 4.89. The van der Waals surface area contributed by atoms with Crippen LogP contribution < -0.4 is 5.32 Å². The van der Waals surface area contributed by atoms with Crippen LogP contribution >= 0.6 is 0 Å². The van der Waals surface area contributed by atoms with E-state index in [0.717, 1.165) is 38.4 Å². The minimum atomic E-state index is -4.55. The molecule has 0 amide bonds. The Hall–Kier alpha value is -1.18. The highest BCUT2D eigenvalue weighted by Crippen LogP contribution is 2.34. The molecule has 1 atom stereocenters. The molecule has 1 N–H and O–H groups in total. The lowest BCUT2D eigenvalue weighted by molar-refractivity contribution is -0.138. The maximum Gasteiger partial charge on any atom is 0.416 e. The van der Waals surface area contributed by atoms with E-state index in [1.165, 1.54) is 6.07 Å². The van der Waals surface area contributed by atoms with Crippen molar-refractivity contribution in [2.45, 2.75) is 44.1 Å². The Morgan fingerprint density at radius 2 is 1.88 bits per heavy atom. The maximum atomic E-state index is 13.3. The van der Waals surface area contributed by atoms with Crippen molar-refractivity contribution in [3.05, 3.63) is 35.1 Å². The third-order valence-corrected chi connectivity index (χ3v) is 4.89. The highest BCUT2D eigenvalue weighted by atomic mass is 19.4. The summed E-state index contributed by atoms with van der Waals surface area (Å²) < 4.78 is 58.6. The molecular weight excluding hydrogens is 324 g/mol. The number of ether oxygens (including phenoxy) is 1. The van der Waals surface area contributed by atoms with Crippen molar-refractivity contribution in [2.24, 2.45) is 0 Å². The zero-order valence-corrected chi connectivity index (χ0v) is 13.4. The van der Waals surface area contributed by atoms with E-state index in [4.69, 9.17) is 4.74 Å². The number of hydrogen-bond acceptors (Lipinski definition) is 3. The third kappa shape index (κ3) is 4.07. The van der Waals surface area contributed by atoms with Gasteiger partial charge in [0.2, 0.25) is 0 Å². The summed E-state index contributed by atoms with van der Waals surface area (Å²) in [6.07, 6.45) is -2.00. The van der Waals surface area contributed by atoms with Gasteiger partial charge in [0.1, 0.15) is 5.82 Å². The fourth-order valence-electron chi connectivity index (χ4n) is 3.64. The summed E-state index contributed by atoms with van der Waals surface area (Å²) in [5.41, 5.74) is -0.729. The maximum absolute atomic E-state index is 13.3. The summed E-state index contributed by atoms with van der Waals surface area (Å²) in [5.74, 6) is -0.855. The van der Waals surface area contributed by atoms with Gasteiger partial charge in [-0.15, -0.1) is 0 Å². The highest BCUT2D eigenvalue weighted by molar-refractivity contribution is 5.30. The van der Waals surface area contributed by atoms with Gasteiger partial charge in [0, 0.05) is 38.4 Å². The predicted octanol–water partition coefficient (Wildman–Crippen LogP) is 3.19. The number of nitrogens with zero attached hydrogens (tertiary/aromatic N) is 1. The van der Waals surface area contributed by atoms with Crippen molar-refractivity contribution in [1.29, 1.82) is 0 Å². The van der Waals surface area contributed by atoms with Gasteiger partial charge in [0.05, 0.1) is 5.56 Å². The van der Waals surface area contributed by atoms with E-state index in [1.807, 2.05) is 0 Å². The van der Waals surface area contributed by atoms with E-state index in [9.17, 15) is 17.6 Å². The second kappa shape index (κ2) is 7.37. The van der Waals surface area contributed by atoms with Crippen LogP contribution in [0.15, 0.2) is 18.2 Å². The molecule has 2 heterocycles. The Balaban J connectivity index is 1.86. The first-order valence-electron chi connectivity index (χ1n) is 8.35. The van der Waals surface area contributed by atoms with Crippen LogP contribution in [0.5, 0.6) is 0 Å². The number of rotatable bonds is 4. The molecule has 2 aliphatic heterocycles. The predicted molar refractivity (Wildman–Crippen MR) is 82.1 cm³/mol. The van der Waals surface area contributed by atoms with Gasteiger partial charge in [0.15, 0.2) is 0 Å². The summed E-state index contributed by atoms with van der Waals surface area (Å²) >= 11 is 0. The molecule has 1 aromatic rings. The van der Waals surface area contributed by atoms with Crippen molar-refractivity contribution >= 4 is 0 Å².